The molecule has 0 saturated heterocycles. The second kappa shape index (κ2) is 7.99. The first kappa shape index (κ1) is 17.2. The van der Waals surface area contributed by atoms with E-state index in [0.29, 0.717) is 23.8 Å². The molecule has 0 saturated carbocycles. The molecule has 0 aliphatic carbocycles. The molecule has 1 aromatic carbocycles. The van der Waals surface area contributed by atoms with Crippen molar-refractivity contribution in [2.45, 2.75) is 13.3 Å². The third kappa shape index (κ3) is 4.08. The average Bonchev–Trinajstić information content (AvgIpc) is 2.67. The zero-order valence-corrected chi connectivity index (χ0v) is 14.5. The largest absolute Gasteiger partial charge is 0.399 e. The van der Waals surface area contributed by atoms with Crippen molar-refractivity contribution in [3.8, 4) is 6.07 Å². The predicted molar refractivity (Wildman–Crippen MR) is 104 cm³/mol. The number of hydrogen-bond acceptors (Lipinski definition) is 4. The summed E-state index contributed by atoms with van der Waals surface area (Å²) < 4.78 is 0. The van der Waals surface area contributed by atoms with Gasteiger partial charge in [-0.05, 0) is 48.7 Å². The molecule has 0 spiro atoms. The summed E-state index contributed by atoms with van der Waals surface area (Å²) in [5.74, 6) is 0.615. The number of rotatable bonds is 4. The number of aromatic nitrogens is 1. The Morgan fingerprint density at radius 1 is 1.23 bits per heavy atom. The molecule has 0 bridgehead atoms. The van der Waals surface area contributed by atoms with Gasteiger partial charge in [0.2, 0.25) is 0 Å². The van der Waals surface area contributed by atoms with Crippen LogP contribution in [0.3, 0.4) is 0 Å². The molecule has 6 heteroatoms. The number of nitrogens with two attached hydrogens (primary N) is 1. The van der Waals surface area contributed by atoms with Gasteiger partial charge in [-0.15, -0.1) is 0 Å². The first-order valence-corrected chi connectivity index (χ1v) is 8.32. The highest BCUT2D eigenvalue weighted by Gasteiger charge is 2.17. The Kier molecular flexibility index (Phi) is 5.30. The molecule has 4 N–H and O–H groups in total. The number of hydrogen-bond donors (Lipinski definition) is 3. The van der Waals surface area contributed by atoms with Crippen LogP contribution in [0.1, 0.15) is 18.2 Å². The summed E-state index contributed by atoms with van der Waals surface area (Å²) in [6, 6.07) is 15.5. The van der Waals surface area contributed by atoms with Crippen LogP contribution in [0.2, 0.25) is 0 Å². The van der Waals surface area contributed by atoms with Crippen molar-refractivity contribution in [1.29, 1.82) is 5.26 Å². The van der Waals surface area contributed by atoms with Gasteiger partial charge >= 0.3 is 0 Å². The zero-order chi connectivity index (χ0) is 18.4. The maximum absolute atomic E-state index is 9.60. The highest BCUT2D eigenvalue weighted by atomic mass is 15.2. The fourth-order valence-electron chi connectivity index (χ4n) is 2.58. The van der Waals surface area contributed by atoms with Crippen LogP contribution in [0.15, 0.2) is 71.1 Å². The second-order valence-electron chi connectivity index (χ2n) is 5.90. The zero-order valence-electron chi connectivity index (χ0n) is 14.5. The molecular weight excluding hydrogens is 324 g/mol. The summed E-state index contributed by atoms with van der Waals surface area (Å²) in [6.45, 7) is 2.55. The lowest BCUT2D eigenvalue weighted by atomic mass is 10.1. The van der Waals surface area contributed by atoms with Gasteiger partial charge in [0.1, 0.15) is 11.6 Å². The molecule has 1 aromatic heterocycles. The Hall–Kier alpha value is -3.59. The van der Waals surface area contributed by atoms with E-state index in [4.69, 9.17) is 5.73 Å². The number of nitriles is 1. The first-order valence-electron chi connectivity index (χ1n) is 8.32. The first-order chi connectivity index (χ1) is 12.7. The molecule has 26 heavy (non-hydrogen) atoms. The van der Waals surface area contributed by atoms with Crippen molar-refractivity contribution in [3.05, 3.63) is 77.4 Å². The van der Waals surface area contributed by atoms with Crippen LogP contribution < -0.4 is 16.4 Å². The van der Waals surface area contributed by atoms with Crippen molar-refractivity contribution in [3.63, 3.8) is 0 Å². The van der Waals surface area contributed by atoms with E-state index < -0.39 is 0 Å². The fraction of sp³-hybridized carbons (Fsp3) is 0.150. The summed E-state index contributed by atoms with van der Waals surface area (Å²) in [5, 5.41) is 15.9. The number of anilines is 1. The molecule has 2 heterocycles. The minimum atomic E-state index is 0.493. The van der Waals surface area contributed by atoms with Crippen LogP contribution in [-0.4, -0.2) is 17.5 Å². The summed E-state index contributed by atoms with van der Waals surface area (Å²) in [7, 11) is 0. The maximum Gasteiger partial charge on any atom is 0.199 e. The van der Waals surface area contributed by atoms with E-state index >= 15 is 0 Å². The van der Waals surface area contributed by atoms with Gasteiger partial charge in [0.05, 0.1) is 11.4 Å². The van der Waals surface area contributed by atoms with Gasteiger partial charge in [-0.2, -0.15) is 5.26 Å². The van der Waals surface area contributed by atoms with Gasteiger partial charge in [-0.1, -0.05) is 18.2 Å². The van der Waals surface area contributed by atoms with E-state index in [-0.39, 0.29) is 0 Å². The van der Waals surface area contributed by atoms with Crippen LogP contribution in [0.25, 0.3) is 5.57 Å². The number of nitrogens with one attached hydrogen (secondary N) is 2. The Morgan fingerprint density at radius 2 is 2.04 bits per heavy atom. The summed E-state index contributed by atoms with van der Waals surface area (Å²) >= 11 is 0. The molecule has 3 rings (SSSR count). The molecule has 0 amide bonds. The van der Waals surface area contributed by atoms with Gasteiger partial charge in [-0.25, -0.2) is 0 Å². The molecule has 130 valence electrons. The normalized spacial score (nSPS) is 16.9. The van der Waals surface area contributed by atoms with Crippen molar-refractivity contribution in [1.82, 2.24) is 15.6 Å². The Morgan fingerprint density at radius 3 is 2.73 bits per heavy atom. The highest BCUT2D eigenvalue weighted by Crippen LogP contribution is 2.21. The Labute approximate surface area is 152 Å². The Balaban J connectivity index is 1.77. The maximum atomic E-state index is 9.60. The van der Waals surface area contributed by atoms with Crippen molar-refractivity contribution in [2.75, 3.05) is 12.3 Å². The van der Waals surface area contributed by atoms with Crippen molar-refractivity contribution < 1.29 is 0 Å². The van der Waals surface area contributed by atoms with E-state index in [2.05, 4.69) is 26.7 Å². The van der Waals surface area contributed by atoms with Gasteiger partial charge in [0, 0.05) is 24.6 Å². The summed E-state index contributed by atoms with van der Waals surface area (Å²) in [4.78, 5) is 8.83. The molecule has 1 aliphatic rings. The number of benzene rings is 1. The predicted octanol–water partition coefficient (Wildman–Crippen LogP) is 2.59. The monoisotopic (exact) mass is 344 g/mol. The number of pyridine rings is 1. The minimum absolute atomic E-state index is 0.493. The van der Waals surface area contributed by atoms with Gasteiger partial charge in [0.25, 0.3) is 0 Å². The topological polar surface area (TPSA) is 99.1 Å². The summed E-state index contributed by atoms with van der Waals surface area (Å²) in [5.41, 5.74) is 10.4. The highest BCUT2D eigenvalue weighted by molar-refractivity contribution is 5.90. The third-order valence-electron chi connectivity index (χ3n) is 4.00. The third-order valence-corrected chi connectivity index (χ3v) is 4.00. The molecule has 2 aromatic rings. The number of nitrogens with zero attached hydrogens (tertiary/aromatic N) is 3. The average molecular weight is 344 g/mol. The van der Waals surface area contributed by atoms with Gasteiger partial charge in [0.15, 0.2) is 5.96 Å². The molecule has 0 atom stereocenters. The van der Waals surface area contributed by atoms with Crippen LogP contribution in [0.5, 0.6) is 0 Å². The van der Waals surface area contributed by atoms with Crippen molar-refractivity contribution in [2.24, 2.45) is 4.99 Å². The lowest BCUT2D eigenvalue weighted by molar-refractivity contribution is 0.910. The fourth-order valence-corrected chi connectivity index (χ4v) is 2.58. The van der Waals surface area contributed by atoms with Gasteiger partial charge in [-0.3, -0.25) is 9.98 Å². The Bertz CT molecular complexity index is 902. The number of aliphatic imine (C=N–C) groups is 1. The van der Waals surface area contributed by atoms with Crippen LogP contribution >= 0.6 is 0 Å². The molecule has 1 aliphatic heterocycles. The standard InChI is InChI=1S/C20H20N6/c1-14-13-25-20(24-11-9-15-5-7-16(22)8-6-15)26-19(14)17(12-21)18-4-2-3-10-23-18/h2-8,10,13H,9,11,22H2,1H3,(H2,24,25,26)/b19-17+. The smallest absolute Gasteiger partial charge is 0.199 e. The number of allylic oxidation sites excluding steroid dienone is 2. The molecular formula is C20H20N6. The van der Waals surface area contributed by atoms with Crippen LogP contribution in [0.4, 0.5) is 5.69 Å². The van der Waals surface area contributed by atoms with Crippen LogP contribution in [0, 0.1) is 11.3 Å². The van der Waals surface area contributed by atoms with E-state index in [9.17, 15) is 5.26 Å². The lowest BCUT2D eigenvalue weighted by Crippen LogP contribution is -2.39. The van der Waals surface area contributed by atoms with Crippen LogP contribution in [-0.2, 0) is 6.42 Å². The molecule has 0 unspecified atom stereocenters. The quantitative estimate of drug-likeness (QED) is 0.585. The lowest BCUT2D eigenvalue weighted by Gasteiger charge is -2.21. The van der Waals surface area contributed by atoms with E-state index in [0.717, 1.165) is 23.4 Å². The SMILES string of the molecule is CC1=CNC(=NCCc2ccc(N)cc2)N/C1=C(\C#N)c1ccccn1. The molecule has 6 nitrogen and oxygen atoms in total. The van der Waals surface area contributed by atoms with Crippen molar-refractivity contribution >= 4 is 17.2 Å². The molecule has 0 radical (unpaired) electrons. The molecule has 0 fully saturated rings. The summed E-state index contributed by atoms with van der Waals surface area (Å²) in [6.07, 6.45) is 4.32. The minimum Gasteiger partial charge on any atom is -0.399 e. The van der Waals surface area contributed by atoms with E-state index in [1.54, 1.807) is 6.20 Å². The number of nitrogen functional groups attached to an aromatic ring is 1. The van der Waals surface area contributed by atoms with E-state index in [1.165, 1.54) is 5.56 Å². The van der Waals surface area contributed by atoms with Gasteiger partial charge < -0.3 is 16.4 Å². The number of guanidine groups is 1. The second-order valence-corrected chi connectivity index (χ2v) is 5.90. The van der Waals surface area contributed by atoms with E-state index in [1.807, 2.05) is 55.6 Å².